The van der Waals surface area contributed by atoms with Crippen LogP contribution in [0.25, 0.3) is 0 Å². The summed E-state index contributed by atoms with van der Waals surface area (Å²) in [6.07, 6.45) is 4.31. The van der Waals surface area contributed by atoms with Crippen LogP contribution in [-0.2, 0) is 24.3 Å². The summed E-state index contributed by atoms with van der Waals surface area (Å²) >= 11 is 18.2. The number of benzene rings is 2. The molecule has 2 aromatic carbocycles. The lowest BCUT2D eigenvalue weighted by atomic mass is 9.98. The molecule has 208 valence electrons. The monoisotopic (exact) mass is 590 g/mol. The molecule has 0 fully saturated rings. The molecule has 39 heavy (non-hydrogen) atoms. The molecule has 1 amide bonds. The normalized spacial score (nSPS) is 12.4. The number of hydrogen-bond donors (Lipinski definition) is 2. The van der Waals surface area contributed by atoms with E-state index in [0.29, 0.717) is 34.8 Å². The summed E-state index contributed by atoms with van der Waals surface area (Å²) in [6.45, 7) is 5.53. The molecule has 0 unspecified atom stereocenters. The zero-order valence-corrected chi connectivity index (χ0v) is 24.4. The second-order valence-electron chi connectivity index (χ2n) is 9.32. The van der Waals surface area contributed by atoms with Crippen LogP contribution in [0.4, 0.5) is 5.69 Å². The van der Waals surface area contributed by atoms with Gasteiger partial charge >= 0.3 is 0 Å². The maximum Gasteiger partial charge on any atom is 0.269 e. The summed E-state index contributed by atoms with van der Waals surface area (Å²) in [5, 5.41) is 18.6. The molecule has 0 spiro atoms. The molecular formula is C27H32Cl2N6O3S. The highest BCUT2D eigenvalue weighted by Gasteiger charge is 2.24. The van der Waals surface area contributed by atoms with E-state index >= 15 is 0 Å². The molecule has 0 radical (unpaired) electrons. The number of non-ortho nitro benzene ring substituents is 1. The standard InChI is InChI=1S/C27H32Cl2N6O3S/c1-4-18(2)24(16-33(27(39)30-3)15-20-6-5-7-23(28)26(20)29)32-25(36)12-22-13-31-17-34(22)14-19-8-10-21(11-9-19)35(37)38/h5-11,13,17-18,24H,4,12,14-16H2,1-3H3,(H,30,39)(H,32,36)/t18-,24+/m0/s1. The minimum Gasteiger partial charge on any atom is -0.366 e. The lowest BCUT2D eigenvalue weighted by Crippen LogP contribution is -2.50. The largest absolute Gasteiger partial charge is 0.366 e. The lowest BCUT2D eigenvalue weighted by molar-refractivity contribution is -0.384. The van der Waals surface area contributed by atoms with Gasteiger partial charge in [-0.25, -0.2) is 4.98 Å². The molecule has 0 aliphatic rings. The summed E-state index contributed by atoms with van der Waals surface area (Å²) in [6, 6.07) is 11.6. The third kappa shape index (κ3) is 8.39. The average molecular weight is 592 g/mol. The van der Waals surface area contributed by atoms with Gasteiger partial charge in [0.15, 0.2) is 5.11 Å². The third-order valence-electron chi connectivity index (χ3n) is 6.63. The van der Waals surface area contributed by atoms with Crippen molar-refractivity contribution in [1.82, 2.24) is 25.1 Å². The lowest BCUT2D eigenvalue weighted by Gasteiger charge is -2.33. The zero-order chi connectivity index (χ0) is 28.5. The van der Waals surface area contributed by atoms with E-state index in [1.807, 2.05) is 21.6 Å². The van der Waals surface area contributed by atoms with Crippen LogP contribution in [0.1, 0.15) is 37.1 Å². The van der Waals surface area contributed by atoms with Crippen molar-refractivity contribution in [3.63, 3.8) is 0 Å². The van der Waals surface area contributed by atoms with Crippen LogP contribution < -0.4 is 10.6 Å². The van der Waals surface area contributed by atoms with Crippen molar-refractivity contribution < 1.29 is 9.72 Å². The SMILES string of the molecule is CC[C@H](C)[C@@H](CN(Cc1cccc(Cl)c1Cl)C(=S)NC)NC(=O)Cc1cncn1Cc1ccc([N+](=O)[O-])cc1. The first-order valence-corrected chi connectivity index (χ1v) is 13.7. The van der Waals surface area contributed by atoms with Gasteiger partial charge in [-0.05, 0) is 35.3 Å². The van der Waals surface area contributed by atoms with E-state index < -0.39 is 4.92 Å². The van der Waals surface area contributed by atoms with Crippen LogP contribution in [0, 0.1) is 16.0 Å². The smallest absolute Gasteiger partial charge is 0.269 e. The predicted octanol–water partition coefficient (Wildman–Crippen LogP) is 5.23. The highest BCUT2D eigenvalue weighted by molar-refractivity contribution is 7.80. The summed E-state index contributed by atoms with van der Waals surface area (Å²) in [5.74, 6) is 0.0397. The molecule has 1 aromatic heterocycles. The first-order chi connectivity index (χ1) is 18.6. The van der Waals surface area contributed by atoms with E-state index in [4.69, 9.17) is 35.4 Å². The van der Waals surface area contributed by atoms with Gasteiger partial charge in [-0.1, -0.05) is 67.7 Å². The Morgan fingerprint density at radius 3 is 2.59 bits per heavy atom. The molecule has 0 aliphatic carbocycles. The molecule has 3 rings (SSSR count). The topological polar surface area (TPSA) is 105 Å². The van der Waals surface area contributed by atoms with E-state index in [2.05, 4.69) is 29.5 Å². The fourth-order valence-corrected chi connectivity index (χ4v) is 4.64. The highest BCUT2D eigenvalue weighted by Crippen LogP contribution is 2.27. The number of aromatic nitrogens is 2. The Hall–Kier alpha value is -3.21. The molecule has 0 aliphatic heterocycles. The second-order valence-corrected chi connectivity index (χ2v) is 10.5. The number of hydrogen-bond acceptors (Lipinski definition) is 5. The molecule has 0 bridgehead atoms. The second kappa shape index (κ2) is 14.3. The van der Waals surface area contributed by atoms with Gasteiger partial charge in [-0.3, -0.25) is 14.9 Å². The minimum absolute atomic E-state index is 0.0319. The first kappa shape index (κ1) is 30.3. The fourth-order valence-electron chi connectivity index (χ4n) is 4.12. The Labute approximate surface area is 243 Å². The number of imidazole rings is 1. The number of carbonyl (C=O) groups excluding carboxylic acids is 1. The number of carbonyl (C=O) groups is 1. The number of amides is 1. The van der Waals surface area contributed by atoms with E-state index in [1.165, 1.54) is 12.1 Å². The van der Waals surface area contributed by atoms with Gasteiger partial charge < -0.3 is 20.1 Å². The number of halogens is 2. The number of nitro benzene ring substituents is 1. The molecule has 1 heterocycles. The van der Waals surface area contributed by atoms with Crippen LogP contribution in [0.2, 0.25) is 10.0 Å². The molecule has 12 heteroatoms. The molecular weight excluding hydrogens is 559 g/mol. The predicted molar refractivity (Wildman–Crippen MR) is 158 cm³/mol. The quantitative estimate of drug-likeness (QED) is 0.169. The van der Waals surface area contributed by atoms with Gasteiger partial charge in [0.05, 0.1) is 27.7 Å². The minimum atomic E-state index is -0.432. The molecule has 9 nitrogen and oxygen atoms in total. The maximum absolute atomic E-state index is 13.2. The van der Waals surface area contributed by atoms with Gasteiger partial charge in [0.1, 0.15) is 0 Å². The zero-order valence-electron chi connectivity index (χ0n) is 22.1. The Morgan fingerprint density at radius 1 is 1.23 bits per heavy atom. The highest BCUT2D eigenvalue weighted by atomic mass is 35.5. The molecule has 2 N–H and O–H groups in total. The summed E-state index contributed by atoms with van der Waals surface area (Å²) < 4.78 is 1.86. The van der Waals surface area contributed by atoms with Gasteiger partial charge in [0.2, 0.25) is 5.91 Å². The van der Waals surface area contributed by atoms with E-state index in [-0.39, 0.29) is 30.0 Å². The summed E-state index contributed by atoms with van der Waals surface area (Å²) in [7, 11) is 1.76. The van der Waals surface area contributed by atoms with Crippen molar-refractivity contribution in [2.45, 2.75) is 45.8 Å². The Morgan fingerprint density at radius 2 is 1.95 bits per heavy atom. The van der Waals surface area contributed by atoms with Crippen molar-refractivity contribution in [1.29, 1.82) is 0 Å². The molecule has 0 saturated heterocycles. The molecule has 2 atom stereocenters. The van der Waals surface area contributed by atoms with Crippen LogP contribution in [0.5, 0.6) is 0 Å². The Bertz CT molecular complexity index is 1300. The van der Waals surface area contributed by atoms with Crippen molar-refractivity contribution in [3.05, 3.63) is 92.0 Å². The third-order valence-corrected chi connectivity index (χ3v) is 7.95. The van der Waals surface area contributed by atoms with Crippen LogP contribution in [0.3, 0.4) is 0 Å². The summed E-state index contributed by atoms with van der Waals surface area (Å²) in [5.41, 5.74) is 2.48. The Balaban J connectivity index is 1.71. The van der Waals surface area contributed by atoms with Crippen LogP contribution in [0.15, 0.2) is 55.0 Å². The van der Waals surface area contributed by atoms with E-state index in [0.717, 1.165) is 23.2 Å². The van der Waals surface area contributed by atoms with Crippen LogP contribution >= 0.6 is 35.4 Å². The number of nitro groups is 1. The van der Waals surface area contributed by atoms with Crippen LogP contribution in [-0.4, -0.2) is 50.0 Å². The van der Waals surface area contributed by atoms with Gasteiger partial charge in [0, 0.05) is 56.7 Å². The maximum atomic E-state index is 13.2. The van der Waals surface area contributed by atoms with Gasteiger partial charge in [-0.2, -0.15) is 0 Å². The number of thiocarbonyl (C=S) groups is 1. The van der Waals surface area contributed by atoms with E-state index in [1.54, 1.807) is 37.8 Å². The number of rotatable bonds is 12. The molecule has 3 aromatic rings. The summed E-state index contributed by atoms with van der Waals surface area (Å²) in [4.78, 5) is 29.9. The first-order valence-electron chi connectivity index (χ1n) is 12.5. The van der Waals surface area contributed by atoms with Crippen molar-refractivity contribution in [3.8, 4) is 0 Å². The number of nitrogens with zero attached hydrogens (tertiary/aromatic N) is 4. The molecule has 0 saturated carbocycles. The fraction of sp³-hybridized carbons (Fsp3) is 0.370. The number of nitrogens with one attached hydrogen (secondary N) is 2. The Kier molecular flexibility index (Phi) is 11.1. The van der Waals surface area contributed by atoms with Gasteiger partial charge in [0.25, 0.3) is 5.69 Å². The van der Waals surface area contributed by atoms with Crippen molar-refractivity contribution in [2.24, 2.45) is 5.92 Å². The van der Waals surface area contributed by atoms with Crippen molar-refractivity contribution >= 4 is 52.1 Å². The van der Waals surface area contributed by atoms with E-state index in [9.17, 15) is 14.9 Å². The van der Waals surface area contributed by atoms with Gasteiger partial charge in [-0.15, -0.1) is 0 Å². The average Bonchev–Trinajstić information content (AvgIpc) is 3.35. The van der Waals surface area contributed by atoms with Crippen molar-refractivity contribution in [2.75, 3.05) is 13.6 Å².